The maximum absolute atomic E-state index is 11.8. The molecule has 0 spiro atoms. The fourth-order valence-electron chi connectivity index (χ4n) is 1.53. The molecule has 0 fully saturated rings. The Balaban J connectivity index is 1.90. The summed E-state index contributed by atoms with van der Waals surface area (Å²) in [5, 5.41) is 15.2. The van der Waals surface area contributed by atoms with Crippen LogP contribution in [0.4, 0.5) is 11.5 Å². The number of nitro groups is 1. The summed E-state index contributed by atoms with van der Waals surface area (Å²) in [5.74, 6) is 0.109. The third-order valence-electron chi connectivity index (χ3n) is 2.45. The van der Waals surface area contributed by atoms with Crippen molar-refractivity contribution in [3.63, 3.8) is 0 Å². The zero-order chi connectivity index (χ0) is 15.3. The maximum atomic E-state index is 11.8. The van der Waals surface area contributed by atoms with E-state index in [1.54, 1.807) is 11.4 Å². The molecule has 2 rings (SSSR count). The quantitative estimate of drug-likeness (QED) is 0.451. The van der Waals surface area contributed by atoms with Crippen molar-refractivity contribution in [2.24, 2.45) is 0 Å². The van der Waals surface area contributed by atoms with Gasteiger partial charge >= 0.3 is 5.69 Å². The van der Waals surface area contributed by atoms with E-state index in [1.807, 2.05) is 0 Å². The summed E-state index contributed by atoms with van der Waals surface area (Å²) in [5.41, 5.74) is -0.154. The largest absolute Gasteiger partial charge is 0.363 e. The second kappa shape index (κ2) is 6.61. The van der Waals surface area contributed by atoms with Crippen molar-refractivity contribution in [2.75, 3.05) is 18.4 Å². The lowest BCUT2D eigenvalue weighted by Gasteiger charge is -2.07. The Labute approximate surface area is 125 Å². The highest BCUT2D eigenvalue weighted by Gasteiger charge is 2.15. The van der Waals surface area contributed by atoms with E-state index >= 15 is 0 Å². The molecular formula is C11H12N4O4S2. The number of hydrogen-bond donors (Lipinski definition) is 2. The van der Waals surface area contributed by atoms with Crippen molar-refractivity contribution in [1.29, 1.82) is 0 Å². The molecule has 0 amide bonds. The summed E-state index contributed by atoms with van der Waals surface area (Å²) in [6, 6.07) is 5.94. The molecule has 8 nitrogen and oxygen atoms in total. The van der Waals surface area contributed by atoms with Crippen LogP contribution in [0.5, 0.6) is 0 Å². The van der Waals surface area contributed by atoms with Gasteiger partial charge in [-0.1, -0.05) is 6.07 Å². The van der Waals surface area contributed by atoms with Crippen LogP contribution in [0.2, 0.25) is 0 Å². The molecule has 21 heavy (non-hydrogen) atoms. The minimum atomic E-state index is -3.52. The molecule has 0 aliphatic carbocycles. The summed E-state index contributed by atoms with van der Waals surface area (Å²) in [7, 11) is -3.52. The van der Waals surface area contributed by atoms with E-state index < -0.39 is 14.9 Å². The van der Waals surface area contributed by atoms with Gasteiger partial charge in [-0.2, -0.15) is 0 Å². The number of pyridine rings is 1. The summed E-state index contributed by atoms with van der Waals surface area (Å²) in [6.45, 7) is 0.274. The molecule has 0 saturated heterocycles. The number of sulfonamides is 1. The van der Waals surface area contributed by atoms with Crippen molar-refractivity contribution in [3.8, 4) is 0 Å². The van der Waals surface area contributed by atoms with Gasteiger partial charge in [-0.05, 0) is 17.5 Å². The molecule has 0 bridgehead atoms. The Hall–Kier alpha value is -2.04. The van der Waals surface area contributed by atoms with Gasteiger partial charge < -0.3 is 5.32 Å². The number of thiophene rings is 1. The van der Waals surface area contributed by atoms with Crippen molar-refractivity contribution in [3.05, 3.63) is 46.0 Å². The molecule has 10 heteroatoms. The van der Waals surface area contributed by atoms with Crippen LogP contribution < -0.4 is 10.0 Å². The minimum absolute atomic E-state index is 0.0912. The van der Waals surface area contributed by atoms with Gasteiger partial charge in [0.2, 0.25) is 15.8 Å². The fourth-order valence-corrected chi connectivity index (χ4v) is 3.60. The molecule has 2 N–H and O–H groups in total. The first-order valence-corrected chi connectivity index (χ1v) is 8.23. The lowest BCUT2D eigenvalue weighted by Crippen LogP contribution is -2.28. The Morgan fingerprint density at radius 2 is 2.10 bits per heavy atom. The van der Waals surface area contributed by atoms with Crippen LogP contribution in [0.15, 0.2) is 40.1 Å². The van der Waals surface area contributed by atoms with Gasteiger partial charge in [0.05, 0.1) is 4.92 Å². The van der Waals surface area contributed by atoms with Gasteiger partial charge in [-0.15, -0.1) is 11.3 Å². The second-order valence-corrected chi connectivity index (χ2v) is 6.83. The Kier molecular flexibility index (Phi) is 4.83. The predicted octanol–water partition coefficient (Wildman–Crippen LogP) is 1.44. The van der Waals surface area contributed by atoms with Crippen molar-refractivity contribution < 1.29 is 13.3 Å². The molecule has 0 aliphatic heterocycles. The molecular weight excluding hydrogens is 316 g/mol. The molecule has 0 aliphatic rings. The van der Waals surface area contributed by atoms with Crippen LogP contribution in [0.3, 0.4) is 0 Å². The van der Waals surface area contributed by atoms with E-state index in [9.17, 15) is 18.5 Å². The Morgan fingerprint density at radius 3 is 2.76 bits per heavy atom. The molecule has 2 aromatic heterocycles. The molecule has 2 heterocycles. The third kappa shape index (κ3) is 3.97. The highest BCUT2D eigenvalue weighted by molar-refractivity contribution is 7.91. The summed E-state index contributed by atoms with van der Waals surface area (Å²) in [6.07, 6.45) is 1.42. The number of nitrogens with one attached hydrogen (secondary N) is 2. The average molecular weight is 328 g/mol. The molecule has 0 radical (unpaired) electrons. The normalized spacial score (nSPS) is 11.2. The third-order valence-corrected chi connectivity index (χ3v) is 5.31. The SMILES string of the molecule is O=[N+]([O-])c1cccnc1NCCNS(=O)(=O)c1cccs1. The van der Waals surface area contributed by atoms with Crippen LogP contribution in [-0.4, -0.2) is 31.4 Å². The first-order chi connectivity index (χ1) is 10.0. The minimum Gasteiger partial charge on any atom is -0.363 e. The molecule has 2 aromatic rings. The van der Waals surface area contributed by atoms with Gasteiger partial charge in [0.25, 0.3) is 0 Å². The molecule has 112 valence electrons. The van der Waals surface area contributed by atoms with E-state index in [1.165, 1.54) is 24.4 Å². The zero-order valence-electron chi connectivity index (χ0n) is 10.7. The fraction of sp³-hybridized carbons (Fsp3) is 0.182. The van der Waals surface area contributed by atoms with Crippen LogP contribution in [0.1, 0.15) is 0 Å². The van der Waals surface area contributed by atoms with Crippen molar-refractivity contribution in [2.45, 2.75) is 4.21 Å². The van der Waals surface area contributed by atoms with Gasteiger partial charge in [-0.25, -0.2) is 18.1 Å². The van der Waals surface area contributed by atoms with E-state index in [0.29, 0.717) is 0 Å². The number of nitrogens with zero attached hydrogens (tertiary/aromatic N) is 2. The lowest BCUT2D eigenvalue weighted by molar-refractivity contribution is -0.384. The predicted molar refractivity (Wildman–Crippen MR) is 78.9 cm³/mol. The summed E-state index contributed by atoms with van der Waals surface area (Å²) < 4.78 is 26.3. The number of anilines is 1. The number of hydrogen-bond acceptors (Lipinski definition) is 7. The van der Waals surface area contributed by atoms with Crippen LogP contribution in [0, 0.1) is 10.1 Å². The van der Waals surface area contributed by atoms with Crippen molar-refractivity contribution >= 4 is 32.9 Å². The standard InChI is InChI=1S/C11H12N4O4S2/c16-15(17)9-3-1-5-12-11(9)13-6-7-14-21(18,19)10-4-2-8-20-10/h1-5,8,14H,6-7H2,(H,12,13). The first-order valence-electron chi connectivity index (χ1n) is 5.87. The van der Waals surface area contributed by atoms with Gasteiger partial charge in [0, 0.05) is 25.4 Å². The average Bonchev–Trinajstić information content (AvgIpc) is 2.99. The summed E-state index contributed by atoms with van der Waals surface area (Å²) in [4.78, 5) is 14.1. The molecule has 0 saturated carbocycles. The van der Waals surface area contributed by atoms with Crippen LogP contribution in [-0.2, 0) is 10.0 Å². The van der Waals surface area contributed by atoms with Gasteiger partial charge in [0.15, 0.2) is 0 Å². The lowest BCUT2D eigenvalue weighted by atomic mass is 10.4. The van der Waals surface area contributed by atoms with Gasteiger partial charge in [-0.3, -0.25) is 10.1 Å². The smallest absolute Gasteiger partial charge is 0.311 e. The highest BCUT2D eigenvalue weighted by atomic mass is 32.2. The zero-order valence-corrected chi connectivity index (χ0v) is 12.4. The molecule has 0 atom stereocenters. The van der Waals surface area contributed by atoms with E-state index in [4.69, 9.17) is 0 Å². The monoisotopic (exact) mass is 328 g/mol. The molecule has 0 aromatic carbocycles. The highest BCUT2D eigenvalue weighted by Crippen LogP contribution is 2.19. The number of rotatable bonds is 7. The summed E-state index contributed by atoms with van der Waals surface area (Å²) >= 11 is 1.12. The van der Waals surface area contributed by atoms with E-state index in [0.717, 1.165) is 11.3 Å². The Morgan fingerprint density at radius 1 is 1.29 bits per heavy atom. The second-order valence-electron chi connectivity index (χ2n) is 3.88. The first kappa shape index (κ1) is 15.4. The van der Waals surface area contributed by atoms with Crippen molar-refractivity contribution in [1.82, 2.24) is 9.71 Å². The molecule has 0 unspecified atom stereocenters. The van der Waals surface area contributed by atoms with E-state index in [2.05, 4.69) is 15.0 Å². The maximum Gasteiger partial charge on any atom is 0.311 e. The number of aromatic nitrogens is 1. The Bertz CT molecular complexity index is 716. The van der Waals surface area contributed by atoms with Gasteiger partial charge in [0.1, 0.15) is 4.21 Å². The van der Waals surface area contributed by atoms with E-state index in [-0.39, 0.29) is 28.8 Å². The van der Waals surface area contributed by atoms with Crippen LogP contribution >= 0.6 is 11.3 Å². The topological polar surface area (TPSA) is 114 Å². The van der Waals surface area contributed by atoms with Crippen LogP contribution in [0.25, 0.3) is 0 Å².